The second-order valence-electron chi connectivity index (χ2n) is 4.71. The summed E-state index contributed by atoms with van der Waals surface area (Å²) in [6.45, 7) is 12.2. The molecule has 2 heteroatoms. The van der Waals surface area contributed by atoms with E-state index in [1.807, 2.05) is 0 Å². The molecule has 0 bridgehead atoms. The number of morpholine rings is 1. The number of hydrogen-bond acceptors (Lipinski definition) is 2. The second-order valence-corrected chi connectivity index (χ2v) is 4.71. The lowest BCUT2D eigenvalue weighted by Gasteiger charge is -2.36. The molecule has 1 aliphatic heterocycles. The van der Waals surface area contributed by atoms with Gasteiger partial charge in [-0.3, -0.25) is 4.90 Å². The van der Waals surface area contributed by atoms with Gasteiger partial charge in [0.05, 0.1) is 12.7 Å². The molecule has 0 spiro atoms. The standard InChI is InChI=1S/C11H23NO/c1-9(2)7-11-8-12(10(3)4)5-6-13-11/h9-11H,5-8H2,1-4H3. The van der Waals surface area contributed by atoms with E-state index in [1.165, 1.54) is 6.42 Å². The van der Waals surface area contributed by atoms with Crippen LogP contribution in [0.3, 0.4) is 0 Å². The number of nitrogens with zero attached hydrogens (tertiary/aromatic N) is 1. The van der Waals surface area contributed by atoms with Gasteiger partial charge in [-0.25, -0.2) is 0 Å². The van der Waals surface area contributed by atoms with Crippen molar-refractivity contribution in [1.29, 1.82) is 0 Å². The van der Waals surface area contributed by atoms with E-state index in [2.05, 4.69) is 32.6 Å². The smallest absolute Gasteiger partial charge is 0.0705 e. The molecule has 0 aromatic heterocycles. The predicted molar refractivity (Wildman–Crippen MR) is 55.9 cm³/mol. The van der Waals surface area contributed by atoms with Gasteiger partial charge in [-0.15, -0.1) is 0 Å². The second kappa shape index (κ2) is 4.97. The molecular weight excluding hydrogens is 162 g/mol. The van der Waals surface area contributed by atoms with Gasteiger partial charge in [-0.1, -0.05) is 13.8 Å². The molecule has 1 rings (SSSR count). The molecule has 1 atom stereocenters. The van der Waals surface area contributed by atoms with E-state index in [4.69, 9.17) is 4.74 Å². The van der Waals surface area contributed by atoms with Crippen molar-refractivity contribution in [2.75, 3.05) is 19.7 Å². The van der Waals surface area contributed by atoms with Crippen molar-refractivity contribution in [3.8, 4) is 0 Å². The normalized spacial score (nSPS) is 25.8. The molecule has 0 N–H and O–H groups in total. The third-order valence-corrected chi connectivity index (χ3v) is 2.63. The lowest BCUT2D eigenvalue weighted by Crippen LogP contribution is -2.46. The van der Waals surface area contributed by atoms with E-state index < -0.39 is 0 Å². The zero-order chi connectivity index (χ0) is 9.84. The van der Waals surface area contributed by atoms with E-state index in [0.29, 0.717) is 12.1 Å². The fourth-order valence-electron chi connectivity index (χ4n) is 1.88. The van der Waals surface area contributed by atoms with Crippen LogP contribution in [0.4, 0.5) is 0 Å². The van der Waals surface area contributed by atoms with Gasteiger partial charge < -0.3 is 4.74 Å². The van der Waals surface area contributed by atoms with E-state index in [1.54, 1.807) is 0 Å². The third kappa shape index (κ3) is 3.65. The average Bonchev–Trinajstić information content (AvgIpc) is 2.03. The summed E-state index contributed by atoms with van der Waals surface area (Å²) >= 11 is 0. The Morgan fingerprint density at radius 2 is 2.00 bits per heavy atom. The van der Waals surface area contributed by atoms with Gasteiger partial charge in [0.25, 0.3) is 0 Å². The van der Waals surface area contributed by atoms with Crippen LogP contribution in [0, 0.1) is 5.92 Å². The fourth-order valence-corrected chi connectivity index (χ4v) is 1.88. The van der Waals surface area contributed by atoms with Crippen LogP contribution < -0.4 is 0 Å². The van der Waals surface area contributed by atoms with E-state index in [-0.39, 0.29) is 0 Å². The Bertz CT molecular complexity index is 145. The summed E-state index contributed by atoms with van der Waals surface area (Å²) in [5.41, 5.74) is 0. The van der Waals surface area contributed by atoms with Crippen LogP contribution in [0.15, 0.2) is 0 Å². The summed E-state index contributed by atoms with van der Waals surface area (Å²) in [6.07, 6.45) is 1.67. The molecule has 0 radical (unpaired) electrons. The van der Waals surface area contributed by atoms with E-state index in [9.17, 15) is 0 Å². The molecule has 0 saturated carbocycles. The first-order valence-electron chi connectivity index (χ1n) is 5.45. The average molecular weight is 185 g/mol. The minimum Gasteiger partial charge on any atom is -0.376 e. The fraction of sp³-hybridized carbons (Fsp3) is 1.00. The first-order valence-corrected chi connectivity index (χ1v) is 5.45. The van der Waals surface area contributed by atoms with Crippen LogP contribution in [0.5, 0.6) is 0 Å². The Balaban J connectivity index is 2.33. The predicted octanol–water partition coefficient (Wildman–Crippen LogP) is 2.14. The van der Waals surface area contributed by atoms with Crippen LogP contribution in [0.2, 0.25) is 0 Å². The SMILES string of the molecule is CC(C)CC1CN(C(C)C)CCO1. The summed E-state index contributed by atoms with van der Waals surface area (Å²) < 4.78 is 5.73. The highest BCUT2D eigenvalue weighted by molar-refractivity contribution is 4.74. The maximum atomic E-state index is 5.73. The highest BCUT2D eigenvalue weighted by Crippen LogP contribution is 2.15. The Morgan fingerprint density at radius 3 is 2.54 bits per heavy atom. The number of rotatable bonds is 3. The summed E-state index contributed by atoms with van der Waals surface area (Å²) in [7, 11) is 0. The Morgan fingerprint density at radius 1 is 1.31 bits per heavy atom. The molecule has 0 aromatic carbocycles. The van der Waals surface area contributed by atoms with Crippen molar-refractivity contribution >= 4 is 0 Å². The topological polar surface area (TPSA) is 12.5 Å². The Kier molecular flexibility index (Phi) is 4.20. The molecule has 1 fully saturated rings. The van der Waals surface area contributed by atoms with Crippen molar-refractivity contribution in [1.82, 2.24) is 4.90 Å². The van der Waals surface area contributed by atoms with Gasteiger partial charge in [-0.05, 0) is 26.2 Å². The van der Waals surface area contributed by atoms with Gasteiger partial charge in [0.2, 0.25) is 0 Å². The molecule has 78 valence electrons. The summed E-state index contributed by atoms with van der Waals surface area (Å²) in [6, 6.07) is 0.665. The van der Waals surface area contributed by atoms with Gasteiger partial charge in [0.15, 0.2) is 0 Å². The van der Waals surface area contributed by atoms with Crippen molar-refractivity contribution < 1.29 is 4.74 Å². The summed E-state index contributed by atoms with van der Waals surface area (Å²) in [5, 5.41) is 0. The van der Waals surface area contributed by atoms with Crippen LogP contribution in [-0.2, 0) is 4.74 Å². The molecule has 0 aliphatic carbocycles. The van der Waals surface area contributed by atoms with Crippen molar-refractivity contribution in [2.24, 2.45) is 5.92 Å². The van der Waals surface area contributed by atoms with E-state index >= 15 is 0 Å². The summed E-state index contributed by atoms with van der Waals surface area (Å²) in [5.74, 6) is 0.747. The van der Waals surface area contributed by atoms with Crippen LogP contribution in [0.1, 0.15) is 34.1 Å². The van der Waals surface area contributed by atoms with Gasteiger partial charge >= 0.3 is 0 Å². The molecule has 1 aliphatic rings. The number of hydrogen-bond donors (Lipinski definition) is 0. The molecule has 0 aromatic rings. The van der Waals surface area contributed by atoms with Crippen LogP contribution >= 0.6 is 0 Å². The highest BCUT2D eigenvalue weighted by Gasteiger charge is 2.22. The van der Waals surface area contributed by atoms with E-state index in [0.717, 1.165) is 25.6 Å². The third-order valence-electron chi connectivity index (χ3n) is 2.63. The number of ether oxygens (including phenoxy) is 1. The monoisotopic (exact) mass is 185 g/mol. The lowest BCUT2D eigenvalue weighted by molar-refractivity contribution is -0.0467. The van der Waals surface area contributed by atoms with Crippen molar-refractivity contribution in [3.63, 3.8) is 0 Å². The van der Waals surface area contributed by atoms with Crippen molar-refractivity contribution in [3.05, 3.63) is 0 Å². The minimum atomic E-state index is 0.469. The van der Waals surface area contributed by atoms with Crippen molar-refractivity contribution in [2.45, 2.75) is 46.3 Å². The van der Waals surface area contributed by atoms with Crippen LogP contribution in [0.25, 0.3) is 0 Å². The molecule has 13 heavy (non-hydrogen) atoms. The van der Waals surface area contributed by atoms with Crippen LogP contribution in [-0.4, -0.2) is 36.7 Å². The Labute approximate surface area is 82.3 Å². The maximum absolute atomic E-state index is 5.73. The molecule has 1 saturated heterocycles. The Hall–Kier alpha value is -0.0800. The first-order chi connectivity index (χ1) is 6.09. The van der Waals surface area contributed by atoms with Gasteiger partial charge in [-0.2, -0.15) is 0 Å². The zero-order valence-electron chi connectivity index (χ0n) is 9.42. The molecule has 1 unspecified atom stereocenters. The van der Waals surface area contributed by atoms with Gasteiger partial charge in [0.1, 0.15) is 0 Å². The highest BCUT2D eigenvalue weighted by atomic mass is 16.5. The largest absolute Gasteiger partial charge is 0.376 e. The maximum Gasteiger partial charge on any atom is 0.0705 e. The molecular formula is C11H23NO. The molecule has 0 amide bonds. The first kappa shape index (κ1) is 11.0. The lowest BCUT2D eigenvalue weighted by atomic mass is 10.0. The zero-order valence-corrected chi connectivity index (χ0v) is 9.42. The molecule has 1 heterocycles. The quantitative estimate of drug-likeness (QED) is 0.668. The minimum absolute atomic E-state index is 0.469. The van der Waals surface area contributed by atoms with Gasteiger partial charge in [0, 0.05) is 19.1 Å². The molecule has 2 nitrogen and oxygen atoms in total. The summed E-state index contributed by atoms with van der Waals surface area (Å²) in [4.78, 5) is 2.51.